The molecule has 6 amide bonds. The number of nitrogens with two attached hydrogens (primary N) is 2. The molecule has 0 aliphatic heterocycles. The first-order chi connectivity index (χ1) is 15.3. The van der Waals surface area contributed by atoms with E-state index in [1.807, 2.05) is 0 Å². The summed E-state index contributed by atoms with van der Waals surface area (Å²) >= 11 is 0. The molecule has 1 fully saturated rings. The lowest BCUT2D eigenvalue weighted by Crippen LogP contribution is -2.45. The number of carbonyl (C=O) groups excluding carboxylic acids is 4. The molecule has 0 radical (unpaired) electrons. The molecular weight excluding hydrogens is 412 g/mol. The Hall–Kier alpha value is -4.08. The number of rotatable bonds is 6. The summed E-state index contributed by atoms with van der Waals surface area (Å²) in [5.74, 6) is -1.13. The van der Waals surface area contributed by atoms with Gasteiger partial charge in [-0.3, -0.25) is 9.59 Å². The minimum atomic E-state index is -0.565. The van der Waals surface area contributed by atoms with Crippen molar-refractivity contribution in [2.24, 2.45) is 11.5 Å². The second-order valence-corrected chi connectivity index (χ2v) is 7.64. The number of amides is 6. The number of nitrogens with one attached hydrogen (secondary N) is 4. The third kappa shape index (κ3) is 6.46. The van der Waals surface area contributed by atoms with Crippen molar-refractivity contribution in [2.45, 2.75) is 37.8 Å². The van der Waals surface area contributed by atoms with Crippen molar-refractivity contribution in [2.75, 3.05) is 10.6 Å². The summed E-state index contributed by atoms with van der Waals surface area (Å²) in [5, 5.41) is 11.2. The Morgan fingerprint density at radius 2 is 1.03 bits per heavy atom. The third-order valence-corrected chi connectivity index (χ3v) is 5.21. The second kappa shape index (κ2) is 10.3. The largest absolute Gasteiger partial charge is 0.366 e. The molecule has 0 unspecified atom stereocenters. The van der Waals surface area contributed by atoms with Crippen LogP contribution in [0.15, 0.2) is 48.5 Å². The number of primary amides is 2. The van der Waals surface area contributed by atoms with E-state index in [0.717, 1.165) is 0 Å². The van der Waals surface area contributed by atoms with Crippen molar-refractivity contribution in [3.05, 3.63) is 59.7 Å². The Bertz CT molecular complexity index is 935. The van der Waals surface area contributed by atoms with Gasteiger partial charge in [0, 0.05) is 34.6 Å². The van der Waals surface area contributed by atoms with Crippen LogP contribution in [0.3, 0.4) is 0 Å². The van der Waals surface area contributed by atoms with Gasteiger partial charge in [0.25, 0.3) is 0 Å². The Morgan fingerprint density at radius 3 is 1.38 bits per heavy atom. The summed E-state index contributed by atoms with van der Waals surface area (Å²) < 4.78 is 0. The average Bonchev–Trinajstić information content (AvgIpc) is 2.75. The van der Waals surface area contributed by atoms with Crippen molar-refractivity contribution in [3.63, 3.8) is 0 Å². The fourth-order valence-corrected chi connectivity index (χ4v) is 3.59. The van der Waals surface area contributed by atoms with Gasteiger partial charge in [-0.05, 0) is 62.1 Å². The van der Waals surface area contributed by atoms with Gasteiger partial charge in [-0.1, -0.05) is 12.1 Å². The van der Waals surface area contributed by atoms with E-state index in [-0.39, 0.29) is 24.1 Å². The minimum absolute atomic E-state index is 0.0253. The van der Waals surface area contributed by atoms with E-state index >= 15 is 0 Å². The van der Waals surface area contributed by atoms with Gasteiger partial charge < -0.3 is 32.7 Å². The second-order valence-electron chi connectivity index (χ2n) is 7.64. The Kier molecular flexibility index (Phi) is 7.27. The van der Waals surface area contributed by atoms with Crippen LogP contribution in [0, 0.1) is 0 Å². The van der Waals surface area contributed by atoms with Crippen LogP contribution in [0.25, 0.3) is 0 Å². The molecule has 2 aromatic rings. The standard InChI is InChI=1S/C22H26N6O4/c23-19(29)13-3-1-5-17(11-13)27-21(31)25-15-7-9-16(10-8-15)26-22(32)28-18-6-2-4-14(12-18)20(24)30/h1-6,11-12,15-16H,7-10H2,(H2,23,29)(H2,24,30)(H2,25,27,31)(H2,26,28,32). The van der Waals surface area contributed by atoms with E-state index in [2.05, 4.69) is 21.3 Å². The maximum absolute atomic E-state index is 12.2. The molecule has 8 N–H and O–H groups in total. The predicted molar refractivity (Wildman–Crippen MR) is 120 cm³/mol. The highest BCUT2D eigenvalue weighted by atomic mass is 16.2. The van der Waals surface area contributed by atoms with Crippen LogP contribution in [-0.2, 0) is 0 Å². The van der Waals surface area contributed by atoms with Crippen LogP contribution < -0.4 is 32.7 Å². The predicted octanol–water partition coefficient (Wildman–Crippen LogP) is 2.14. The van der Waals surface area contributed by atoms with E-state index in [9.17, 15) is 19.2 Å². The van der Waals surface area contributed by atoms with Gasteiger partial charge in [-0.2, -0.15) is 0 Å². The number of carbonyl (C=O) groups is 4. The van der Waals surface area contributed by atoms with E-state index in [0.29, 0.717) is 48.2 Å². The highest BCUT2D eigenvalue weighted by molar-refractivity contribution is 5.96. The summed E-state index contributed by atoms with van der Waals surface area (Å²) in [5.41, 5.74) is 12.1. The van der Waals surface area contributed by atoms with Crippen molar-refractivity contribution in [1.82, 2.24) is 10.6 Å². The maximum atomic E-state index is 12.2. The lowest BCUT2D eigenvalue weighted by atomic mass is 9.91. The molecule has 10 nitrogen and oxygen atoms in total. The summed E-state index contributed by atoms with van der Waals surface area (Å²) in [7, 11) is 0. The molecule has 2 aromatic carbocycles. The lowest BCUT2D eigenvalue weighted by molar-refractivity contribution is 0.0992. The Labute approximate surface area is 185 Å². The van der Waals surface area contributed by atoms with Crippen LogP contribution in [0.1, 0.15) is 46.4 Å². The van der Waals surface area contributed by atoms with Crippen molar-refractivity contribution < 1.29 is 19.2 Å². The molecule has 0 aromatic heterocycles. The highest BCUT2D eigenvalue weighted by Crippen LogP contribution is 2.19. The van der Waals surface area contributed by atoms with Gasteiger partial charge in [-0.15, -0.1) is 0 Å². The number of hydrogen-bond acceptors (Lipinski definition) is 4. The normalized spacial score (nSPS) is 17.6. The van der Waals surface area contributed by atoms with Crippen LogP contribution in [-0.4, -0.2) is 36.0 Å². The number of hydrogen-bond donors (Lipinski definition) is 6. The van der Waals surface area contributed by atoms with Gasteiger partial charge in [-0.25, -0.2) is 9.59 Å². The summed E-state index contributed by atoms with van der Waals surface area (Å²) in [6.45, 7) is 0. The monoisotopic (exact) mass is 438 g/mol. The molecule has 1 saturated carbocycles. The zero-order valence-corrected chi connectivity index (χ0v) is 17.4. The minimum Gasteiger partial charge on any atom is -0.366 e. The fraction of sp³-hybridized carbons (Fsp3) is 0.273. The van der Waals surface area contributed by atoms with Crippen LogP contribution in [0.5, 0.6) is 0 Å². The molecule has 0 bridgehead atoms. The lowest BCUT2D eigenvalue weighted by Gasteiger charge is -2.29. The van der Waals surface area contributed by atoms with Gasteiger partial charge in [0.15, 0.2) is 0 Å². The van der Waals surface area contributed by atoms with Gasteiger partial charge in [0.1, 0.15) is 0 Å². The first kappa shape index (κ1) is 22.6. The maximum Gasteiger partial charge on any atom is 0.319 e. The van der Waals surface area contributed by atoms with Crippen molar-refractivity contribution >= 4 is 35.3 Å². The van der Waals surface area contributed by atoms with Crippen LogP contribution >= 0.6 is 0 Å². The van der Waals surface area contributed by atoms with Gasteiger partial charge in [0.05, 0.1) is 0 Å². The average molecular weight is 438 g/mol. The van der Waals surface area contributed by atoms with E-state index < -0.39 is 11.8 Å². The van der Waals surface area contributed by atoms with E-state index in [4.69, 9.17) is 11.5 Å². The van der Waals surface area contributed by atoms with Crippen LogP contribution in [0.2, 0.25) is 0 Å². The SMILES string of the molecule is NC(=O)c1cccc(NC(=O)NC2CCC(NC(=O)Nc3cccc(C(N)=O)c3)CC2)c1. The van der Waals surface area contributed by atoms with Gasteiger partial charge >= 0.3 is 12.1 Å². The molecule has 0 heterocycles. The van der Waals surface area contributed by atoms with Gasteiger partial charge in [0.2, 0.25) is 11.8 Å². The van der Waals surface area contributed by atoms with Crippen molar-refractivity contribution in [3.8, 4) is 0 Å². The first-order valence-corrected chi connectivity index (χ1v) is 10.2. The zero-order valence-electron chi connectivity index (χ0n) is 17.4. The number of anilines is 2. The molecule has 32 heavy (non-hydrogen) atoms. The molecule has 10 heteroatoms. The molecule has 0 saturated heterocycles. The van der Waals surface area contributed by atoms with Crippen molar-refractivity contribution in [1.29, 1.82) is 0 Å². The molecule has 168 valence electrons. The fourth-order valence-electron chi connectivity index (χ4n) is 3.59. The topological polar surface area (TPSA) is 168 Å². The molecule has 1 aliphatic carbocycles. The third-order valence-electron chi connectivity index (χ3n) is 5.21. The molecule has 3 rings (SSSR count). The molecule has 0 spiro atoms. The smallest absolute Gasteiger partial charge is 0.319 e. The zero-order chi connectivity index (χ0) is 23.1. The molecular formula is C22H26N6O4. The van der Waals surface area contributed by atoms with E-state index in [1.54, 1.807) is 36.4 Å². The number of urea groups is 2. The molecule has 0 atom stereocenters. The highest BCUT2D eigenvalue weighted by Gasteiger charge is 2.23. The summed E-state index contributed by atoms with van der Waals surface area (Å²) in [6.07, 6.45) is 2.82. The number of benzene rings is 2. The Morgan fingerprint density at radius 1 is 0.656 bits per heavy atom. The quantitative estimate of drug-likeness (QED) is 0.406. The molecule has 1 aliphatic rings. The first-order valence-electron chi connectivity index (χ1n) is 10.2. The Balaban J connectivity index is 1.42. The summed E-state index contributed by atoms with van der Waals surface area (Å²) in [4.78, 5) is 47.0. The van der Waals surface area contributed by atoms with E-state index in [1.165, 1.54) is 12.1 Å². The van der Waals surface area contributed by atoms with Crippen LogP contribution in [0.4, 0.5) is 21.0 Å². The summed E-state index contributed by atoms with van der Waals surface area (Å²) in [6, 6.07) is 12.0.